The molecule has 3 aromatic carbocycles. The van der Waals surface area contributed by atoms with Crippen molar-refractivity contribution < 1.29 is 9.53 Å². The van der Waals surface area contributed by atoms with Crippen LogP contribution >= 0.6 is 0 Å². The fourth-order valence-electron chi connectivity index (χ4n) is 4.11. The molecule has 0 fully saturated rings. The van der Waals surface area contributed by atoms with E-state index >= 15 is 0 Å². The summed E-state index contributed by atoms with van der Waals surface area (Å²) in [5.74, 6) is 0.945. The fourth-order valence-corrected chi connectivity index (χ4v) is 4.11. The summed E-state index contributed by atoms with van der Waals surface area (Å²) in [4.78, 5) is 18.4. The maximum Gasteiger partial charge on any atom is 0.254 e. The molecular formula is C25H22N2O2. The van der Waals surface area contributed by atoms with Crippen molar-refractivity contribution in [2.45, 2.75) is 13.0 Å². The van der Waals surface area contributed by atoms with E-state index in [-0.39, 0.29) is 5.91 Å². The summed E-state index contributed by atoms with van der Waals surface area (Å²) >= 11 is 0. The van der Waals surface area contributed by atoms with Crippen LogP contribution in [0.5, 0.6) is 5.75 Å². The van der Waals surface area contributed by atoms with Crippen LogP contribution in [-0.2, 0) is 13.0 Å². The molecule has 2 heterocycles. The van der Waals surface area contributed by atoms with Gasteiger partial charge in [0.2, 0.25) is 0 Å². The molecule has 4 aromatic rings. The molecule has 29 heavy (non-hydrogen) atoms. The molecule has 1 N–H and O–H groups in total. The van der Waals surface area contributed by atoms with Gasteiger partial charge in [-0.25, -0.2) is 0 Å². The maximum absolute atomic E-state index is 12.9. The Balaban J connectivity index is 1.49. The quantitative estimate of drug-likeness (QED) is 0.539. The highest BCUT2D eigenvalue weighted by Crippen LogP contribution is 2.32. The number of carbonyl (C=O) groups is 1. The third kappa shape index (κ3) is 3.17. The van der Waals surface area contributed by atoms with E-state index in [1.165, 1.54) is 16.6 Å². The minimum Gasteiger partial charge on any atom is -0.497 e. The molecule has 1 aliphatic rings. The Kier molecular flexibility index (Phi) is 4.32. The number of rotatable bonds is 3. The molecule has 5 rings (SSSR count). The molecule has 0 aliphatic carbocycles. The number of amides is 1. The number of nitrogens with zero attached hydrogens (tertiary/aromatic N) is 1. The Labute approximate surface area is 169 Å². The summed E-state index contributed by atoms with van der Waals surface area (Å²) in [5, 5.41) is 1.19. The van der Waals surface area contributed by atoms with Crippen LogP contribution in [0, 0.1) is 0 Å². The molecule has 0 saturated heterocycles. The van der Waals surface area contributed by atoms with Crippen LogP contribution in [0.3, 0.4) is 0 Å². The van der Waals surface area contributed by atoms with Crippen LogP contribution in [0.25, 0.3) is 22.0 Å². The summed E-state index contributed by atoms with van der Waals surface area (Å²) < 4.78 is 5.27. The monoisotopic (exact) mass is 382 g/mol. The molecule has 4 nitrogen and oxygen atoms in total. The minimum absolute atomic E-state index is 0.0944. The number of benzene rings is 3. The molecule has 0 bridgehead atoms. The number of methoxy groups -OCH3 is 1. The molecule has 0 spiro atoms. The van der Waals surface area contributed by atoms with E-state index in [4.69, 9.17) is 4.74 Å². The lowest BCUT2D eigenvalue weighted by molar-refractivity contribution is 0.0735. The Morgan fingerprint density at radius 3 is 2.48 bits per heavy atom. The average Bonchev–Trinajstić information content (AvgIpc) is 3.16. The Morgan fingerprint density at radius 2 is 1.72 bits per heavy atom. The first-order valence-electron chi connectivity index (χ1n) is 9.85. The van der Waals surface area contributed by atoms with Crippen LogP contribution in [0.2, 0.25) is 0 Å². The summed E-state index contributed by atoms with van der Waals surface area (Å²) in [7, 11) is 1.68. The standard InChI is InChI=1S/C25H22N2O2/c1-29-20-10-7-17(8-11-20)19-9-12-23-21(15-19)22-16-27(14-13-24(22)26-23)25(28)18-5-3-2-4-6-18/h2-12,15,26H,13-14,16H2,1H3. The second-order valence-electron chi connectivity index (χ2n) is 7.41. The molecule has 1 aromatic heterocycles. The molecule has 0 saturated carbocycles. The van der Waals surface area contributed by atoms with E-state index in [0.717, 1.165) is 40.9 Å². The van der Waals surface area contributed by atoms with E-state index in [2.05, 4.69) is 35.3 Å². The number of aromatic nitrogens is 1. The third-order valence-electron chi connectivity index (χ3n) is 5.71. The van der Waals surface area contributed by atoms with Gasteiger partial charge in [-0.2, -0.15) is 0 Å². The summed E-state index contributed by atoms with van der Waals surface area (Å²) in [6.45, 7) is 1.37. The van der Waals surface area contributed by atoms with Gasteiger partial charge in [-0.3, -0.25) is 4.79 Å². The van der Waals surface area contributed by atoms with Crippen molar-refractivity contribution in [1.82, 2.24) is 9.88 Å². The fraction of sp³-hybridized carbons (Fsp3) is 0.160. The van der Waals surface area contributed by atoms with Crippen LogP contribution in [0.15, 0.2) is 72.8 Å². The van der Waals surface area contributed by atoms with Gasteiger partial charge >= 0.3 is 0 Å². The second kappa shape index (κ2) is 7.13. The Hall–Kier alpha value is -3.53. The molecule has 1 aliphatic heterocycles. The third-order valence-corrected chi connectivity index (χ3v) is 5.71. The number of aromatic amines is 1. The predicted octanol–water partition coefficient (Wildman–Crippen LogP) is 5.04. The van der Waals surface area contributed by atoms with Gasteiger partial charge in [-0.15, -0.1) is 0 Å². The van der Waals surface area contributed by atoms with Crippen LogP contribution in [0.1, 0.15) is 21.6 Å². The van der Waals surface area contributed by atoms with Crippen LogP contribution < -0.4 is 4.74 Å². The van der Waals surface area contributed by atoms with Gasteiger partial charge in [0.05, 0.1) is 7.11 Å². The van der Waals surface area contributed by atoms with Gasteiger partial charge in [0.25, 0.3) is 5.91 Å². The zero-order valence-electron chi connectivity index (χ0n) is 16.3. The minimum atomic E-state index is 0.0944. The van der Waals surface area contributed by atoms with Gasteiger partial charge in [0, 0.05) is 47.2 Å². The Bertz CT molecular complexity index is 1180. The van der Waals surface area contributed by atoms with Crippen molar-refractivity contribution >= 4 is 16.8 Å². The van der Waals surface area contributed by atoms with E-state index < -0.39 is 0 Å². The number of nitrogens with one attached hydrogen (secondary N) is 1. The van der Waals surface area contributed by atoms with Crippen molar-refractivity contribution in [3.05, 3.63) is 89.6 Å². The van der Waals surface area contributed by atoms with Gasteiger partial charge in [0.1, 0.15) is 5.75 Å². The summed E-state index contributed by atoms with van der Waals surface area (Å²) in [6.07, 6.45) is 0.848. The van der Waals surface area contributed by atoms with Crippen molar-refractivity contribution in [2.24, 2.45) is 0 Å². The first-order valence-corrected chi connectivity index (χ1v) is 9.85. The number of hydrogen-bond acceptors (Lipinski definition) is 2. The van der Waals surface area contributed by atoms with Gasteiger partial charge in [-0.05, 0) is 47.5 Å². The topological polar surface area (TPSA) is 45.3 Å². The van der Waals surface area contributed by atoms with E-state index in [1.807, 2.05) is 47.4 Å². The first-order chi connectivity index (χ1) is 14.2. The lowest BCUT2D eigenvalue weighted by Gasteiger charge is -2.27. The molecule has 4 heteroatoms. The largest absolute Gasteiger partial charge is 0.497 e. The molecular weight excluding hydrogens is 360 g/mol. The molecule has 144 valence electrons. The van der Waals surface area contributed by atoms with Crippen molar-refractivity contribution in [2.75, 3.05) is 13.7 Å². The van der Waals surface area contributed by atoms with Crippen molar-refractivity contribution in [1.29, 1.82) is 0 Å². The van der Waals surface area contributed by atoms with E-state index in [1.54, 1.807) is 7.11 Å². The van der Waals surface area contributed by atoms with E-state index in [9.17, 15) is 4.79 Å². The first kappa shape index (κ1) is 17.6. The summed E-state index contributed by atoms with van der Waals surface area (Å²) in [6, 6.07) is 24.1. The van der Waals surface area contributed by atoms with Gasteiger partial charge in [0.15, 0.2) is 0 Å². The molecule has 0 unspecified atom stereocenters. The Morgan fingerprint density at radius 1 is 0.966 bits per heavy atom. The zero-order chi connectivity index (χ0) is 19.8. The number of ether oxygens (including phenoxy) is 1. The SMILES string of the molecule is COc1ccc(-c2ccc3[nH]c4c(c3c2)CN(C(=O)c2ccccc2)CC4)cc1. The van der Waals surface area contributed by atoms with Gasteiger partial charge in [-0.1, -0.05) is 36.4 Å². The smallest absolute Gasteiger partial charge is 0.254 e. The van der Waals surface area contributed by atoms with Crippen molar-refractivity contribution in [3.8, 4) is 16.9 Å². The number of H-pyrrole nitrogens is 1. The van der Waals surface area contributed by atoms with Crippen molar-refractivity contribution in [3.63, 3.8) is 0 Å². The zero-order valence-corrected chi connectivity index (χ0v) is 16.3. The van der Waals surface area contributed by atoms with Gasteiger partial charge < -0.3 is 14.6 Å². The van der Waals surface area contributed by atoms with Crippen LogP contribution in [0.4, 0.5) is 0 Å². The highest BCUT2D eigenvalue weighted by molar-refractivity contribution is 5.95. The highest BCUT2D eigenvalue weighted by atomic mass is 16.5. The van der Waals surface area contributed by atoms with Crippen LogP contribution in [-0.4, -0.2) is 29.4 Å². The number of hydrogen-bond donors (Lipinski definition) is 1. The highest BCUT2D eigenvalue weighted by Gasteiger charge is 2.24. The normalized spacial score (nSPS) is 13.3. The maximum atomic E-state index is 12.9. The lowest BCUT2D eigenvalue weighted by Crippen LogP contribution is -2.35. The summed E-state index contributed by atoms with van der Waals surface area (Å²) in [5.41, 5.74) is 6.65. The molecule has 0 atom stereocenters. The average molecular weight is 382 g/mol. The number of fused-ring (bicyclic) bond motifs is 3. The predicted molar refractivity (Wildman–Crippen MR) is 115 cm³/mol. The van der Waals surface area contributed by atoms with E-state index in [0.29, 0.717) is 6.54 Å². The lowest BCUT2D eigenvalue weighted by atomic mass is 9.99. The molecule has 1 amide bonds. The second-order valence-corrected chi connectivity index (χ2v) is 7.41. The molecule has 0 radical (unpaired) electrons. The number of carbonyl (C=O) groups excluding carboxylic acids is 1.